The number of unbranched alkanes of at least 4 members (excludes halogenated alkanes) is 1. The Morgan fingerprint density at radius 1 is 1.02 bits per heavy atom. The van der Waals surface area contributed by atoms with Crippen molar-refractivity contribution in [3.05, 3.63) is 35.0 Å². The number of carbonyl (C=O) groups excluding carboxylic acids is 3. The molecule has 4 amide bonds. The molecule has 0 spiro atoms. The van der Waals surface area contributed by atoms with Crippen molar-refractivity contribution in [1.82, 2.24) is 25.8 Å². The fraction of sp³-hybridized carbons (Fsp3) is 0.600. The number of piperidine rings is 1. The zero-order valence-electron chi connectivity index (χ0n) is 24.6. The standard InChI is InChI=1S/C30H44ClN5O5/c1-6-7-14-23(29(39)40)33-27(37)24(16-21-20-13-8-9-15-22(20)32-26(21)31)34-28(38)25(17(2)3)35-30(41)36-18(4)11-10-12-19(36)5/h8-9,13,15,17-19,23-25,32H,6-7,10-12,14,16H2,1-5H3,(H,33,37)(H,34,38)(H,35,41)(H,39,40)/t18?,19?,23-,24-,25+/m1/s1. The third kappa shape index (κ3) is 8.15. The molecule has 0 aliphatic carbocycles. The molecule has 1 fully saturated rings. The van der Waals surface area contributed by atoms with E-state index >= 15 is 0 Å². The fourth-order valence-electron chi connectivity index (χ4n) is 5.54. The van der Waals surface area contributed by atoms with E-state index in [9.17, 15) is 24.3 Å². The summed E-state index contributed by atoms with van der Waals surface area (Å²) in [7, 11) is 0. The van der Waals surface area contributed by atoms with Gasteiger partial charge in [-0.05, 0) is 57.1 Å². The Bertz CT molecular complexity index is 1220. The molecule has 1 aromatic carbocycles. The number of H-pyrrole nitrogens is 1. The Kier molecular flexibility index (Phi) is 11.5. The number of para-hydroxylation sites is 1. The molecule has 1 aliphatic heterocycles. The van der Waals surface area contributed by atoms with Crippen molar-refractivity contribution in [2.24, 2.45) is 5.92 Å². The molecule has 2 aromatic rings. The number of hydrogen-bond acceptors (Lipinski definition) is 4. The monoisotopic (exact) mass is 589 g/mol. The Morgan fingerprint density at radius 2 is 1.66 bits per heavy atom. The molecule has 0 saturated carbocycles. The summed E-state index contributed by atoms with van der Waals surface area (Å²) < 4.78 is 0. The summed E-state index contributed by atoms with van der Waals surface area (Å²) in [4.78, 5) is 57.2. The van der Waals surface area contributed by atoms with Crippen LogP contribution in [0.3, 0.4) is 0 Å². The number of likely N-dealkylation sites (tertiary alicyclic amines) is 1. The maximum absolute atomic E-state index is 13.7. The van der Waals surface area contributed by atoms with E-state index in [2.05, 4.69) is 20.9 Å². The number of carbonyl (C=O) groups is 4. The molecule has 0 bridgehead atoms. The van der Waals surface area contributed by atoms with E-state index in [1.807, 2.05) is 58.9 Å². The van der Waals surface area contributed by atoms with E-state index in [1.165, 1.54) is 0 Å². The van der Waals surface area contributed by atoms with Gasteiger partial charge in [0.25, 0.3) is 0 Å². The predicted octanol–water partition coefficient (Wildman–Crippen LogP) is 4.61. The van der Waals surface area contributed by atoms with E-state index in [0.29, 0.717) is 17.1 Å². The van der Waals surface area contributed by atoms with E-state index < -0.39 is 35.9 Å². The first-order valence-corrected chi connectivity index (χ1v) is 15.0. The van der Waals surface area contributed by atoms with Crippen LogP contribution >= 0.6 is 11.6 Å². The van der Waals surface area contributed by atoms with Gasteiger partial charge in [0.2, 0.25) is 11.8 Å². The second-order valence-electron chi connectivity index (χ2n) is 11.5. The molecule has 2 heterocycles. The Morgan fingerprint density at radius 3 is 2.27 bits per heavy atom. The molecular weight excluding hydrogens is 546 g/mol. The molecule has 10 nitrogen and oxygen atoms in total. The van der Waals surface area contributed by atoms with Crippen molar-refractivity contribution < 1.29 is 24.3 Å². The lowest BCUT2D eigenvalue weighted by Crippen LogP contribution is -2.60. The van der Waals surface area contributed by atoms with Crippen LogP contribution in [0.15, 0.2) is 24.3 Å². The van der Waals surface area contributed by atoms with Gasteiger partial charge in [-0.2, -0.15) is 0 Å². The average molecular weight is 590 g/mol. The number of rotatable bonds is 12. The number of carboxylic acids is 1. The number of fused-ring (bicyclic) bond motifs is 1. The maximum Gasteiger partial charge on any atom is 0.326 e. The maximum atomic E-state index is 13.7. The highest BCUT2D eigenvalue weighted by molar-refractivity contribution is 6.31. The molecule has 2 unspecified atom stereocenters. The summed E-state index contributed by atoms with van der Waals surface area (Å²) >= 11 is 6.52. The number of benzene rings is 1. The minimum absolute atomic E-state index is 0.0273. The number of amides is 4. The highest BCUT2D eigenvalue weighted by Crippen LogP contribution is 2.27. The number of nitrogens with zero attached hydrogens (tertiary/aromatic N) is 1. The quantitative estimate of drug-likeness (QED) is 0.246. The second kappa shape index (κ2) is 14.6. The number of carboxylic acid groups (broad SMARTS) is 1. The summed E-state index contributed by atoms with van der Waals surface area (Å²) in [5.41, 5.74) is 1.41. The largest absolute Gasteiger partial charge is 0.480 e. The van der Waals surface area contributed by atoms with Crippen LogP contribution in [0, 0.1) is 5.92 Å². The zero-order valence-corrected chi connectivity index (χ0v) is 25.4. The molecule has 0 radical (unpaired) electrons. The predicted molar refractivity (Wildman–Crippen MR) is 160 cm³/mol. The third-order valence-electron chi connectivity index (χ3n) is 7.92. The minimum Gasteiger partial charge on any atom is -0.480 e. The van der Waals surface area contributed by atoms with Crippen LogP contribution in [0.5, 0.6) is 0 Å². The molecule has 41 heavy (non-hydrogen) atoms. The number of aliphatic carboxylic acids is 1. The SMILES string of the molecule is CCCC[C@@H](NC(=O)[C@@H](Cc1c(Cl)[nH]c2ccccc12)NC(=O)[C@@H](NC(=O)N1C(C)CCCC1C)C(C)C)C(=O)O. The highest BCUT2D eigenvalue weighted by Gasteiger charge is 2.35. The van der Waals surface area contributed by atoms with Gasteiger partial charge >= 0.3 is 12.0 Å². The molecule has 1 saturated heterocycles. The molecule has 3 rings (SSSR count). The molecule has 5 N–H and O–H groups in total. The van der Waals surface area contributed by atoms with Crippen molar-refractivity contribution in [2.45, 2.75) is 110 Å². The van der Waals surface area contributed by atoms with Gasteiger partial charge in [-0.3, -0.25) is 9.59 Å². The summed E-state index contributed by atoms with van der Waals surface area (Å²) in [6.07, 6.45) is 4.52. The van der Waals surface area contributed by atoms with Gasteiger partial charge in [-0.25, -0.2) is 9.59 Å². The van der Waals surface area contributed by atoms with Gasteiger partial charge < -0.3 is 30.9 Å². The number of nitrogens with one attached hydrogen (secondary N) is 4. The lowest BCUT2D eigenvalue weighted by Gasteiger charge is -2.40. The summed E-state index contributed by atoms with van der Waals surface area (Å²) in [6.45, 7) is 9.59. The molecule has 226 valence electrons. The first-order valence-electron chi connectivity index (χ1n) is 14.6. The fourth-order valence-corrected chi connectivity index (χ4v) is 5.82. The van der Waals surface area contributed by atoms with Gasteiger partial charge in [0.15, 0.2) is 0 Å². The number of aromatic amines is 1. The highest BCUT2D eigenvalue weighted by atomic mass is 35.5. The van der Waals surface area contributed by atoms with Crippen molar-refractivity contribution in [2.75, 3.05) is 0 Å². The molecular formula is C30H44ClN5O5. The van der Waals surface area contributed by atoms with Crippen molar-refractivity contribution in [1.29, 1.82) is 0 Å². The lowest BCUT2D eigenvalue weighted by molar-refractivity contribution is -0.142. The smallest absolute Gasteiger partial charge is 0.326 e. The van der Waals surface area contributed by atoms with Crippen molar-refractivity contribution in [3.8, 4) is 0 Å². The van der Waals surface area contributed by atoms with Crippen LogP contribution in [-0.2, 0) is 20.8 Å². The summed E-state index contributed by atoms with van der Waals surface area (Å²) in [6, 6.07) is 4.08. The normalized spacial score (nSPS) is 19.4. The Hall–Kier alpha value is -3.27. The van der Waals surface area contributed by atoms with Crippen LogP contribution in [0.25, 0.3) is 10.9 Å². The molecule has 1 aromatic heterocycles. The average Bonchev–Trinajstić information content (AvgIpc) is 3.23. The van der Waals surface area contributed by atoms with Crippen LogP contribution in [0.4, 0.5) is 4.79 Å². The summed E-state index contributed by atoms with van der Waals surface area (Å²) in [5, 5.41) is 19.1. The first kappa shape index (κ1) is 32.2. The number of aromatic nitrogens is 1. The topological polar surface area (TPSA) is 144 Å². The molecule has 11 heteroatoms. The van der Waals surface area contributed by atoms with Crippen molar-refractivity contribution in [3.63, 3.8) is 0 Å². The van der Waals surface area contributed by atoms with Gasteiger partial charge in [-0.1, -0.05) is 63.4 Å². The van der Waals surface area contributed by atoms with Gasteiger partial charge in [-0.15, -0.1) is 0 Å². The van der Waals surface area contributed by atoms with Crippen LogP contribution < -0.4 is 16.0 Å². The second-order valence-corrected chi connectivity index (χ2v) is 11.9. The molecule has 5 atom stereocenters. The van der Waals surface area contributed by atoms with E-state index in [0.717, 1.165) is 36.6 Å². The van der Waals surface area contributed by atoms with Gasteiger partial charge in [0.05, 0.1) is 0 Å². The minimum atomic E-state index is -1.14. The van der Waals surface area contributed by atoms with E-state index in [1.54, 1.807) is 4.90 Å². The Labute approximate surface area is 246 Å². The van der Waals surface area contributed by atoms with E-state index in [4.69, 9.17) is 11.6 Å². The van der Waals surface area contributed by atoms with Crippen molar-refractivity contribution >= 4 is 46.3 Å². The van der Waals surface area contributed by atoms with Crippen LogP contribution in [0.1, 0.15) is 78.7 Å². The van der Waals surface area contributed by atoms with E-state index in [-0.39, 0.29) is 36.9 Å². The Balaban J connectivity index is 1.87. The van der Waals surface area contributed by atoms with Gasteiger partial charge in [0, 0.05) is 29.4 Å². The first-order chi connectivity index (χ1) is 19.4. The lowest BCUT2D eigenvalue weighted by atomic mass is 9.97. The van der Waals surface area contributed by atoms with Crippen LogP contribution in [-0.4, -0.2) is 69.0 Å². The number of halogens is 1. The zero-order chi connectivity index (χ0) is 30.3. The van der Waals surface area contributed by atoms with Crippen LogP contribution in [0.2, 0.25) is 5.15 Å². The number of urea groups is 1. The molecule has 1 aliphatic rings. The van der Waals surface area contributed by atoms with Gasteiger partial charge in [0.1, 0.15) is 23.3 Å². The number of hydrogen-bond donors (Lipinski definition) is 5. The summed E-state index contributed by atoms with van der Waals surface area (Å²) in [5.74, 6) is -2.57. The third-order valence-corrected chi connectivity index (χ3v) is 8.24.